The summed E-state index contributed by atoms with van der Waals surface area (Å²) in [6, 6.07) is 7.18. The van der Waals surface area contributed by atoms with Gasteiger partial charge in [-0.05, 0) is 32.9 Å². The number of carbonyl (C=O) groups is 1. The highest BCUT2D eigenvalue weighted by Gasteiger charge is 2.39. The predicted molar refractivity (Wildman–Crippen MR) is 96.8 cm³/mol. The molecule has 2 heterocycles. The van der Waals surface area contributed by atoms with Crippen molar-refractivity contribution in [3.63, 3.8) is 0 Å². The zero-order chi connectivity index (χ0) is 19.8. The molecule has 9 heteroatoms. The van der Waals surface area contributed by atoms with E-state index >= 15 is 0 Å². The summed E-state index contributed by atoms with van der Waals surface area (Å²) in [5.74, 6) is -0.826. The van der Waals surface area contributed by atoms with E-state index in [1.807, 2.05) is 19.1 Å². The maximum Gasteiger partial charge on any atom is 0.361 e. The Morgan fingerprint density at radius 2 is 1.78 bits per heavy atom. The highest BCUT2D eigenvalue weighted by atomic mass is 32.2. The van der Waals surface area contributed by atoms with Crippen LogP contribution in [0.4, 0.5) is 0 Å². The summed E-state index contributed by atoms with van der Waals surface area (Å²) in [4.78, 5) is 16.2. The van der Waals surface area contributed by atoms with E-state index in [9.17, 15) is 13.2 Å². The summed E-state index contributed by atoms with van der Waals surface area (Å²) >= 11 is 0. The van der Waals surface area contributed by atoms with Gasteiger partial charge in [0.25, 0.3) is 15.1 Å². The number of oxazole rings is 1. The zero-order valence-electron chi connectivity index (χ0n) is 15.6. The van der Waals surface area contributed by atoms with E-state index in [4.69, 9.17) is 13.9 Å². The number of aromatic nitrogens is 1. The monoisotopic (exact) mass is 394 g/mol. The Hall–Kier alpha value is -2.23. The number of hydrogen-bond donors (Lipinski definition) is 0. The smallest absolute Gasteiger partial charge is 0.361 e. The normalized spacial score (nSPS) is 21.2. The van der Waals surface area contributed by atoms with E-state index in [1.165, 1.54) is 4.31 Å². The molecule has 1 saturated heterocycles. The lowest BCUT2D eigenvalue weighted by Crippen LogP contribution is -2.48. The Bertz CT molecular complexity index is 925. The molecule has 0 bridgehead atoms. The van der Waals surface area contributed by atoms with Crippen molar-refractivity contribution in [1.82, 2.24) is 9.29 Å². The second-order valence-electron chi connectivity index (χ2n) is 6.59. The minimum Gasteiger partial charge on any atom is -0.464 e. The summed E-state index contributed by atoms with van der Waals surface area (Å²) in [5.41, 5.74) is 1.23. The first kappa shape index (κ1) is 19.5. The molecule has 0 spiro atoms. The summed E-state index contributed by atoms with van der Waals surface area (Å²) in [7, 11) is -2.92. The number of benzene rings is 1. The van der Waals surface area contributed by atoms with Gasteiger partial charge in [-0.25, -0.2) is 18.2 Å². The fourth-order valence-corrected chi connectivity index (χ4v) is 4.57. The third-order valence-corrected chi connectivity index (χ3v) is 5.96. The van der Waals surface area contributed by atoms with Crippen LogP contribution in [0.5, 0.6) is 0 Å². The second kappa shape index (κ2) is 7.41. The highest BCUT2D eigenvalue weighted by molar-refractivity contribution is 7.89. The lowest BCUT2D eigenvalue weighted by atomic mass is 10.1. The zero-order valence-corrected chi connectivity index (χ0v) is 16.4. The van der Waals surface area contributed by atoms with Gasteiger partial charge in [-0.1, -0.05) is 17.7 Å². The van der Waals surface area contributed by atoms with Crippen molar-refractivity contribution < 1.29 is 27.1 Å². The van der Waals surface area contributed by atoms with Crippen molar-refractivity contribution in [3.8, 4) is 11.5 Å². The molecule has 1 aromatic heterocycles. The van der Waals surface area contributed by atoms with E-state index in [1.54, 1.807) is 26.0 Å². The number of nitrogens with zero attached hydrogens (tertiary/aromatic N) is 2. The van der Waals surface area contributed by atoms with Gasteiger partial charge in [0.1, 0.15) is 0 Å². The van der Waals surface area contributed by atoms with Gasteiger partial charge in [-0.2, -0.15) is 4.31 Å². The van der Waals surface area contributed by atoms with E-state index < -0.39 is 21.1 Å². The second-order valence-corrected chi connectivity index (χ2v) is 8.43. The van der Waals surface area contributed by atoms with Gasteiger partial charge in [0, 0.05) is 18.7 Å². The van der Waals surface area contributed by atoms with Gasteiger partial charge >= 0.3 is 5.97 Å². The molecule has 2 unspecified atom stereocenters. The fraction of sp³-hybridized carbons (Fsp3) is 0.444. The fourth-order valence-electron chi connectivity index (χ4n) is 2.97. The number of ether oxygens (including phenoxy) is 2. The quantitative estimate of drug-likeness (QED) is 0.733. The predicted octanol–water partition coefficient (Wildman–Crippen LogP) is 2.23. The molecule has 2 atom stereocenters. The Morgan fingerprint density at radius 3 is 2.33 bits per heavy atom. The lowest BCUT2D eigenvalue weighted by molar-refractivity contribution is -0.0443. The third-order valence-electron chi connectivity index (χ3n) is 4.23. The Kier molecular flexibility index (Phi) is 5.36. The molecule has 0 N–H and O–H groups in total. The van der Waals surface area contributed by atoms with Gasteiger partial charge in [-0.3, -0.25) is 0 Å². The molecule has 1 aliphatic rings. The Morgan fingerprint density at radius 1 is 1.19 bits per heavy atom. The van der Waals surface area contributed by atoms with Crippen LogP contribution in [0.1, 0.15) is 29.9 Å². The molecular weight excluding hydrogens is 372 g/mol. The summed E-state index contributed by atoms with van der Waals surface area (Å²) in [5, 5.41) is -0.508. The molecule has 0 saturated carbocycles. The van der Waals surface area contributed by atoms with Crippen molar-refractivity contribution in [3.05, 3.63) is 35.5 Å². The van der Waals surface area contributed by atoms with Crippen LogP contribution in [0.15, 0.2) is 33.8 Å². The number of methoxy groups -OCH3 is 1. The van der Waals surface area contributed by atoms with Crippen molar-refractivity contribution >= 4 is 16.0 Å². The van der Waals surface area contributed by atoms with Gasteiger partial charge < -0.3 is 13.9 Å². The van der Waals surface area contributed by atoms with Crippen LogP contribution < -0.4 is 0 Å². The van der Waals surface area contributed by atoms with Crippen LogP contribution >= 0.6 is 0 Å². The van der Waals surface area contributed by atoms with E-state index in [0.717, 1.165) is 12.7 Å². The van der Waals surface area contributed by atoms with Crippen LogP contribution in [0, 0.1) is 6.92 Å². The number of morpholine rings is 1. The molecule has 146 valence electrons. The first-order valence-corrected chi connectivity index (χ1v) is 9.98. The first-order valence-electron chi connectivity index (χ1n) is 8.54. The van der Waals surface area contributed by atoms with Crippen LogP contribution in [0.2, 0.25) is 0 Å². The molecule has 1 fully saturated rings. The van der Waals surface area contributed by atoms with E-state index in [-0.39, 0.29) is 36.9 Å². The van der Waals surface area contributed by atoms with Crippen LogP contribution in [0.3, 0.4) is 0 Å². The van der Waals surface area contributed by atoms with Gasteiger partial charge in [-0.15, -0.1) is 0 Å². The number of esters is 1. The summed E-state index contributed by atoms with van der Waals surface area (Å²) in [6.07, 6.45) is -0.547. The average Bonchev–Trinajstić information content (AvgIpc) is 3.07. The molecule has 8 nitrogen and oxygen atoms in total. The SMILES string of the molecule is COC(=O)c1nc(-c2ccc(C)cc2)oc1S(=O)(=O)N1CC(C)OC(C)C1. The van der Waals surface area contributed by atoms with Crippen LogP contribution in [0.25, 0.3) is 11.5 Å². The van der Waals surface area contributed by atoms with Crippen molar-refractivity contribution in [1.29, 1.82) is 0 Å². The molecular formula is C18H22N2O6S. The van der Waals surface area contributed by atoms with Gasteiger partial charge in [0.05, 0.1) is 19.3 Å². The maximum atomic E-state index is 13.1. The Balaban J connectivity index is 2.07. The minimum absolute atomic E-state index is 0.0448. The molecule has 2 aromatic rings. The largest absolute Gasteiger partial charge is 0.464 e. The van der Waals surface area contributed by atoms with Crippen LogP contribution in [-0.2, 0) is 19.5 Å². The van der Waals surface area contributed by atoms with Crippen molar-refractivity contribution in [2.45, 2.75) is 38.1 Å². The molecule has 1 aromatic carbocycles. The summed E-state index contributed by atoms with van der Waals surface area (Å²) in [6.45, 7) is 5.83. The van der Waals surface area contributed by atoms with Gasteiger partial charge in [0.2, 0.25) is 11.6 Å². The number of sulfonamides is 1. The van der Waals surface area contributed by atoms with Crippen molar-refractivity contribution in [2.24, 2.45) is 0 Å². The van der Waals surface area contributed by atoms with E-state index in [2.05, 4.69) is 4.98 Å². The third kappa shape index (κ3) is 3.90. The number of aryl methyl sites for hydroxylation is 1. The number of rotatable bonds is 4. The minimum atomic E-state index is -4.09. The highest BCUT2D eigenvalue weighted by Crippen LogP contribution is 2.29. The van der Waals surface area contributed by atoms with Gasteiger partial charge in [0.15, 0.2) is 0 Å². The Labute approximate surface area is 158 Å². The summed E-state index contributed by atoms with van der Waals surface area (Å²) < 4.78 is 43.4. The standard InChI is InChI=1S/C18H22N2O6S/c1-11-5-7-14(8-6-11)16-19-15(17(21)24-4)18(26-16)27(22,23)20-9-12(2)25-13(3)10-20/h5-8,12-13H,9-10H2,1-4H3. The molecule has 0 radical (unpaired) electrons. The maximum absolute atomic E-state index is 13.1. The average molecular weight is 394 g/mol. The molecule has 3 rings (SSSR count). The molecule has 27 heavy (non-hydrogen) atoms. The van der Waals surface area contributed by atoms with Crippen molar-refractivity contribution in [2.75, 3.05) is 20.2 Å². The van der Waals surface area contributed by atoms with Crippen LogP contribution in [-0.4, -0.2) is 56.1 Å². The molecule has 0 amide bonds. The van der Waals surface area contributed by atoms with E-state index in [0.29, 0.717) is 5.56 Å². The number of carbonyl (C=O) groups excluding carboxylic acids is 1. The lowest BCUT2D eigenvalue weighted by Gasteiger charge is -2.33. The topological polar surface area (TPSA) is 98.9 Å². The first-order chi connectivity index (χ1) is 12.7. The molecule has 0 aliphatic carbocycles. The molecule has 1 aliphatic heterocycles. The number of hydrogen-bond acceptors (Lipinski definition) is 7.